The normalized spacial score (nSPS) is 20.4. The van der Waals surface area contributed by atoms with E-state index in [-0.39, 0.29) is 11.9 Å². The van der Waals surface area contributed by atoms with Gasteiger partial charge in [-0.25, -0.2) is 4.39 Å². The molecule has 118 valence electrons. The molecule has 1 heterocycles. The number of benzene rings is 1. The van der Waals surface area contributed by atoms with Crippen molar-refractivity contribution in [2.45, 2.75) is 52.1 Å². The number of piperidine rings is 1. The van der Waals surface area contributed by atoms with Crippen LogP contribution < -0.4 is 5.32 Å². The van der Waals surface area contributed by atoms with E-state index in [4.69, 9.17) is 0 Å². The Kier molecular flexibility index (Phi) is 6.19. The summed E-state index contributed by atoms with van der Waals surface area (Å²) in [5.74, 6) is 0.586. The first-order valence-electron chi connectivity index (χ1n) is 8.34. The summed E-state index contributed by atoms with van der Waals surface area (Å²) < 4.78 is 13.0. The number of hydrogen-bond donors (Lipinski definition) is 1. The Morgan fingerprint density at radius 2 is 1.81 bits per heavy atom. The maximum Gasteiger partial charge on any atom is 0.123 e. The first-order chi connectivity index (χ1) is 10.1. The molecule has 2 rings (SSSR count). The van der Waals surface area contributed by atoms with Crippen LogP contribution in [-0.2, 0) is 0 Å². The molecular weight excluding hydrogens is 263 g/mol. The van der Waals surface area contributed by atoms with E-state index < -0.39 is 0 Å². The second-order valence-corrected chi connectivity index (χ2v) is 6.41. The maximum atomic E-state index is 13.0. The van der Waals surface area contributed by atoms with Crippen molar-refractivity contribution in [3.8, 4) is 0 Å². The van der Waals surface area contributed by atoms with Crippen molar-refractivity contribution in [2.75, 3.05) is 19.6 Å². The second-order valence-electron chi connectivity index (χ2n) is 6.41. The van der Waals surface area contributed by atoms with Gasteiger partial charge < -0.3 is 10.2 Å². The average Bonchev–Trinajstić information content (AvgIpc) is 2.49. The predicted molar refractivity (Wildman–Crippen MR) is 86.9 cm³/mol. The van der Waals surface area contributed by atoms with Crippen LogP contribution >= 0.6 is 0 Å². The van der Waals surface area contributed by atoms with E-state index in [1.54, 1.807) is 12.1 Å². The van der Waals surface area contributed by atoms with E-state index in [1.165, 1.54) is 38.9 Å². The molecule has 1 unspecified atom stereocenters. The number of nitrogens with zero attached hydrogens (tertiary/aromatic N) is 1. The van der Waals surface area contributed by atoms with Crippen molar-refractivity contribution in [1.82, 2.24) is 10.2 Å². The van der Waals surface area contributed by atoms with Gasteiger partial charge in [0.2, 0.25) is 0 Å². The molecule has 3 heteroatoms. The van der Waals surface area contributed by atoms with Crippen molar-refractivity contribution in [1.29, 1.82) is 0 Å². The van der Waals surface area contributed by atoms with Crippen LogP contribution in [0.5, 0.6) is 0 Å². The quantitative estimate of drug-likeness (QED) is 0.853. The lowest BCUT2D eigenvalue weighted by atomic mass is 9.89. The van der Waals surface area contributed by atoms with E-state index >= 15 is 0 Å². The van der Waals surface area contributed by atoms with Gasteiger partial charge >= 0.3 is 0 Å². The van der Waals surface area contributed by atoms with Crippen molar-refractivity contribution in [3.05, 3.63) is 35.6 Å². The topological polar surface area (TPSA) is 15.3 Å². The summed E-state index contributed by atoms with van der Waals surface area (Å²) in [6, 6.07) is 7.62. The van der Waals surface area contributed by atoms with Crippen molar-refractivity contribution in [2.24, 2.45) is 5.92 Å². The van der Waals surface area contributed by atoms with E-state index in [0.717, 1.165) is 11.5 Å². The van der Waals surface area contributed by atoms with Gasteiger partial charge in [0.05, 0.1) is 0 Å². The molecule has 0 aromatic heterocycles. The lowest BCUT2D eigenvalue weighted by Crippen LogP contribution is -2.42. The van der Waals surface area contributed by atoms with Gasteiger partial charge in [-0.1, -0.05) is 19.1 Å². The summed E-state index contributed by atoms with van der Waals surface area (Å²) in [6.07, 6.45) is 3.81. The Morgan fingerprint density at radius 3 is 2.38 bits per heavy atom. The molecule has 0 bridgehead atoms. The van der Waals surface area contributed by atoms with Crippen LogP contribution in [0.25, 0.3) is 0 Å². The predicted octanol–water partition coefficient (Wildman–Crippen LogP) is 3.99. The van der Waals surface area contributed by atoms with Crippen LogP contribution in [0.15, 0.2) is 24.3 Å². The third-order valence-electron chi connectivity index (χ3n) is 4.76. The number of likely N-dealkylation sites (tertiary alicyclic amines) is 1. The van der Waals surface area contributed by atoms with Gasteiger partial charge in [-0.3, -0.25) is 0 Å². The highest BCUT2D eigenvalue weighted by molar-refractivity contribution is 5.19. The Morgan fingerprint density at radius 1 is 1.19 bits per heavy atom. The van der Waals surface area contributed by atoms with Crippen molar-refractivity contribution in [3.63, 3.8) is 0 Å². The molecule has 21 heavy (non-hydrogen) atoms. The minimum Gasteiger partial charge on any atom is -0.307 e. The minimum atomic E-state index is -0.165. The summed E-state index contributed by atoms with van der Waals surface area (Å²) in [4.78, 5) is 2.58. The largest absolute Gasteiger partial charge is 0.307 e. The van der Waals surface area contributed by atoms with Crippen molar-refractivity contribution < 1.29 is 4.39 Å². The Labute approximate surface area is 128 Å². The molecule has 0 radical (unpaired) electrons. The van der Waals surface area contributed by atoms with Crippen LogP contribution in [0.4, 0.5) is 4.39 Å². The third-order valence-corrected chi connectivity index (χ3v) is 4.76. The smallest absolute Gasteiger partial charge is 0.123 e. The van der Waals surface area contributed by atoms with Crippen LogP contribution in [0.3, 0.4) is 0 Å². The van der Waals surface area contributed by atoms with Crippen molar-refractivity contribution >= 4 is 0 Å². The van der Waals surface area contributed by atoms with E-state index in [2.05, 4.69) is 31.0 Å². The zero-order valence-electron chi connectivity index (χ0n) is 13.6. The van der Waals surface area contributed by atoms with Crippen LogP contribution in [-0.4, -0.2) is 30.6 Å². The summed E-state index contributed by atoms with van der Waals surface area (Å²) in [5.41, 5.74) is 1.16. The van der Waals surface area contributed by atoms with Gasteiger partial charge in [-0.05, 0) is 76.4 Å². The number of nitrogens with one attached hydrogen (secondary N) is 1. The van der Waals surface area contributed by atoms with Crippen LogP contribution in [0, 0.1) is 11.7 Å². The van der Waals surface area contributed by atoms with E-state index in [9.17, 15) is 4.39 Å². The van der Waals surface area contributed by atoms with Gasteiger partial charge in [0.25, 0.3) is 0 Å². The number of rotatable bonds is 6. The Hall–Kier alpha value is -0.930. The summed E-state index contributed by atoms with van der Waals surface area (Å²) in [6.45, 7) is 10.4. The van der Waals surface area contributed by atoms with Crippen LogP contribution in [0.1, 0.15) is 51.6 Å². The highest BCUT2D eigenvalue weighted by atomic mass is 19.1. The molecule has 0 spiro atoms. The Bertz CT molecular complexity index is 410. The lowest BCUT2D eigenvalue weighted by molar-refractivity contribution is 0.159. The molecule has 0 amide bonds. The number of halogens is 1. The fourth-order valence-electron chi connectivity index (χ4n) is 3.37. The standard InChI is InChI=1S/C18H29FN2/c1-4-11-21-12-9-17(10-13-21)15(3)20-14(2)16-5-7-18(19)8-6-16/h5-8,14-15,17,20H,4,9-13H2,1-3H3/t14-,15?/m1/s1. The van der Waals surface area contributed by atoms with Gasteiger partial charge in [-0.15, -0.1) is 0 Å². The molecule has 1 aliphatic heterocycles. The highest BCUT2D eigenvalue weighted by Crippen LogP contribution is 2.23. The van der Waals surface area contributed by atoms with Gasteiger partial charge in [-0.2, -0.15) is 0 Å². The average molecular weight is 292 g/mol. The van der Waals surface area contributed by atoms with Gasteiger partial charge in [0, 0.05) is 12.1 Å². The molecule has 2 nitrogen and oxygen atoms in total. The first-order valence-corrected chi connectivity index (χ1v) is 8.34. The lowest BCUT2D eigenvalue weighted by Gasteiger charge is -2.36. The fraction of sp³-hybridized carbons (Fsp3) is 0.667. The zero-order valence-corrected chi connectivity index (χ0v) is 13.6. The van der Waals surface area contributed by atoms with Gasteiger partial charge in [0.1, 0.15) is 5.82 Å². The van der Waals surface area contributed by atoms with E-state index in [0.29, 0.717) is 6.04 Å². The van der Waals surface area contributed by atoms with Gasteiger partial charge in [0.15, 0.2) is 0 Å². The molecule has 2 atom stereocenters. The molecule has 1 saturated heterocycles. The first kappa shape index (κ1) is 16.4. The summed E-state index contributed by atoms with van der Waals surface area (Å²) in [5, 5.41) is 3.69. The fourth-order valence-corrected chi connectivity index (χ4v) is 3.37. The second kappa shape index (κ2) is 7.90. The number of hydrogen-bond acceptors (Lipinski definition) is 2. The third kappa shape index (κ3) is 4.79. The molecule has 1 fully saturated rings. The minimum absolute atomic E-state index is 0.165. The molecule has 0 saturated carbocycles. The molecule has 1 N–H and O–H groups in total. The van der Waals surface area contributed by atoms with E-state index in [1.807, 2.05) is 12.1 Å². The molecule has 1 aromatic rings. The molecule has 1 aromatic carbocycles. The zero-order chi connectivity index (χ0) is 15.2. The summed E-state index contributed by atoms with van der Waals surface area (Å²) in [7, 11) is 0. The monoisotopic (exact) mass is 292 g/mol. The maximum absolute atomic E-state index is 13.0. The highest BCUT2D eigenvalue weighted by Gasteiger charge is 2.24. The van der Waals surface area contributed by atoms with Crippen LogP contribution in [0.2, 0.25) is 0 Å². The molecule has 0 aliphatic carbocycles. The Balaban J connectivity index is 1.81. The molecular formula is C18H29FN2. The molecule has 1 aliphatic rings. The summed E-state index contributed by atoms with van der Waals surface area (Å²) >= 11 is 0. The SMILES string of the molecule is CCCN1CCC(C(C)N[C@H](C)c2ccc(F)cc2)CC1.